The van der Waals surface area contributed by atoms with Gasteiger partial charge in [0.2, 0.25) is 0 Å². The van der Waals surface area contributed by atoms with Crippen LogP contribution in [0.3, 0.4) is 0 Å². The Morgan fingerprint density at radius 3 is 2.50 bits per heavy atom. The lowest BCUT2D eigenvalue weighted by atomic mass is 10.1. The number of nitrogens with one attached hydrogen (secondary N) is 1. The number of benzene rings is 2. The van der Waals surface area contributed by atoms with Gasteiger partial charge in [-0.25, -0.2) is 0 Å². The number of fused-ring (bicyclic) bond motifs is 1. The molecule has 3 rings (SSSR count). The van der Waals surface area contributed by atoms with E-state index in [9.17, 15) is 4.79 Å². The molecule has 1 N–H and O–H groups in total. The Bertz CT molecular complexity index is 668. The molecule has 0 aromatic heterocycles. The molecule has 24 heavy (non-hydrogen) atoms. The van der Waals surface area contributed by atoms with E-state index in [0.29, 0.717) is 0 Å². The first kappa shape index (κ1) is 16.4. The van der Waals surface area contributed by atoms with Gasteiger partial charge in [0.1, 0.15) is 11.9 Å². The molecule has 0 unspecified atom stereocenters. The summed E-state index contributed by atoms with van der Waals surface area (Å²) >= 11 is 0. The zero-order chi connectivity index (χ0) is 16.9. The Labute approximate surface area is 143 Å². The molecule has 126 valence electrons. The second-order valence-corrected chi connectivity index (χ2v) is 5.99. The highest BCUT2D eigenvalue weighted by molar-refractivity contribution is 5.94. The van der Waals surface area contributed by atoms with Crippen LogP contribution in [0.25, 0.3) is 0 Å². The lowest BCUT2D eigenvalue weighted by molar-refractivity contribution is 0.0773. The molecule has 0 radical (unpaired) electrons. The quantitative estimate of drug-likeness (QED) is 0.883. The Morgan fingerprint density at radius 2 is 1.83 bits per heavy atom. The second kappa shape index (κ2) is 7.39. The summed E-state index contributed by atoms with van der Waals surface area (Å²) in [4.78, 5) is 14.1. The van der Waals surface area contributed by atoms with Gasteiger partial charge in [-0.2, -0.15) is 0 Å². The number of hydrogen-bond donors (Lipinski definition) is 1. The first-order valence-corrected chi connectivity index (χ1v) is 8.59. The SMILES string of the molecule is CCN(CC)C(=O)c1ccc(NC[C@H]2Cc3ccccc3O2)cc1. The molecule has 0 spiro atoms. The van der Waals surface area contributed by atoms with Gasteiger partial charge in [0.25, 0.3) is 5.91 Å². The van der Waals surface area contributed by atoms with E-state index in [1.807, 2.05) is 61.2 Å². The molecule has 0 bridgehead atoms. The van der Waals surface area contributed by atoms with Crippen molar-refractivity contribution in [2.45, 2.75) is 26.4 Å². The average Bonchev–Trinajstić information content (AvgIpc) is 3.04. The molecule has 0 saturated carbocycles. The molecular formula is C20H24N2O2. The number of hydrogen-bond acceptors (Lipinski definition) is 3. The van der Waals surface area contributed by atoms with E-state index in [-0.39, 0.29) is 12.0 Å². The van der Waals surface area contributed by atoms with Crippen LogP contribution in [-0.2, 0) is 6.42 Å². The van der Waals surface area contributed by atoms with Crippen LogP contribution in [0, 0.1) is 0 Å². The minimum atomic E-state index is 0.0844. The van der Waals surface area contributed by atoms with Crippen LogP contribution < -0.4 is 10.1 Å². The summed E-state index contributed by atoms with van der Waals surface area (Å²) in [5, 5.41) is 3.39. The maximum absolute atomic E-state index is 12.3. The fourth-order valence-corrected chi connectivity index (χ4v) is 3.02. The number of amides is 1. The lowest BCUT2D eigenvalue weighted by Gasteiger charge is -2.19. The minimum absolute atomic E-state index is 0.0844. The van der Waals surface area contributed by atoms with E-state index in [1.165, 1.54) is 5.56 Å². The summed E-state index contributed by atoms with van der Waals surface area (Å²) in [5.41, 5.74) is 3.00. The summed E-state index contributed by atoms with van der Waals surface area (Å²) in [6.07, 6.45) is 1.08. The van der Waals surface area contributed by atoms with Crippen LogP contribution in [-0.4, -0.2) is 36.5 Å². The molecule has 0 aliphatic carbocycles. The fourth-order valence-electron chi connectivity index (χ4n) is 3.02. The maximum atomic E-state index is 12.3. The first-order chi connectivity index (χ1) is 11.7. The standard InChI is InChI=1S/C20H24N2O2/c1-3-22(4-2)20(23)15-9-11-17(12-10-15)21-14-18-13-16-7-5-6-8-19(16)24-18/h5-12,18,21H,3-4,13-14H2,1-2H3/t18-/m1/s1. The number of para-hydroxylation sites is 1. The van der Waals surface area contributed by atoms with Crippen molar-refractivity contribution in [3.05, 3.63) is 59.7 Å². The molecule has 4 nitrogen and oxygen atoms in total. The van der Waals surface area contributed by atoms with Crippen LogP contribution in [0.15, 0.2) is 48.5 Å². The van der Waals surface area contributed by atoms with Crippen molar-refractivity contribution in [1.82, 2.24) is 4.90 Å². The molecule has 1 amide bonds. The third-order valence-corrected chi connectivity index (χ3v) is 4.43. The van der Waals surface area contributed by atoms with E-state index >= 15 is 0 Å². The predicted octanol–water partition coefficient (Wildman–Crippen LogP) is 3.58. The second-order valence-electron chi connectivity index (χ2n) is 5.99. The highest BCUT2D eigenvalue weighted by Crippen LogP contribution is 2.28. The van der Waals surface area contributed by atoms with E-state index in [4.69, 9.17) is 4.74 Å². The zero-order valence-electron chi connectivity index (χ0n) is 14.3. The van der Waals surface area contributed by atoms with E-state index in [0.717, 1.165) is 43.1 Å². The van der Waals surface area contributed by atoms with Gasteiger partial charge in [-0.05, 0) is 49.7 Å². The molecule has 1 aliphatic heterocycles. The number of carbonyl (C=O) groups is 1. The molecule has 1 heterocycles. The third kappa shape index (κ3) is 3.53. The van der Waals surface area contributed by atoms with Crippen molar-refractivity contribution in [3.8, 4) is 5.75 Å². The van der Waals surface area contributed by atoms with E-state index in [1.54, 1.807) is 0 Å². The monoisotopic (exact) mass is 324 g/mol. The van der Waals surface area contributed by atoms with Gasteiger partial charge < -0.3 is 15.0 Å². The van der Waals surface area contributed by atoms with Gasteiger partial charge in [0.05, 0.1) is 6.54 Å². The summed E-state index contributed by atoms with van der Waals surface area (Å²) in [6.45, 7) is 6.20. The summed E-state index contributed by atoms with van der Waals surface area (Å²) in [7, 11) is 0. The molecule has 1 aliphatic rings. The summed E-state index contributed by atoms with van der Waals surface area (Å²) in [6, 6.07) is 15.9. The molecule has 0 fully saturated rings. The van der Waals surface area contributed by atoms with E-state index in [2.05, 4.69) is 11.4 Å². The van der Waals surface area contributed by atoms with E-state index < -0.39 is 0 Å². The normalized spacial score (nSPS) is 15.5. The number of rotatable bonds is 6. The molecule has 2 aromatic rings. The van der Waals surface area contributed by atoms with Crippen LogP contribution in [0.1, 0.15) is 29.8 Å². The summed E-state index contributed by atoms with van der Waals surface area (Å²) < 4.78 is 5.93. The largest absolute Gasteiger partial charge is 0.488 e. The van der Waals surface area contributed by atoms with Crippen molar-refractivity contribution < 1.29 is 9.53 Å². The first-order valence-electron chi connectivity index (χ1n) is 8.59. The number of anilines is 1. The van der Waals surface area contributed by atoms with Gasteiger partial charge >= 0.3 is 0 Å². The maximum Gasteiger partial charge on any atom is 0.253 e. The molecule has 0 saturated heterocycles. The topological polar surface area (TPSA) is 41.6 Å². The molecular weight excluding hydrogens is 300 g/mol. The van der Waals surface area contributed by atoms with Crippen LogP contribution in [0.2, 0.25) is 0 Å². The molecule has 1 atom stereocenters. The number of carbonyl (C=O) groups excluding carboxylic acids is 1. The third-order valence-electron chi connectivity index (χ3n) is 4.43. The van der Waals surface area contributed by atoms with Crippen molar-refractivity contribution >= 4 is 11.6 Å². The highest BCUT2D eigenvalue weighted by Gasteiger charge is 2.21. The van der Waals surface area contributed by atoms with Gasteiger partial charge in [-0.3, -0.25) is 4.79 Å². The van der Waals surface area contributed by atoms with Crippen LogP contribution in [0.5, 0.6) is 5.75 Å². The Hall–Kier alpha value is -2.49. The van der Waals surface area contributed by atoms with Gasteiger partial charge in [-0.1, -0.05) is 18.2 Å². The van der Waals surface area contributed by atoms with Crippen LogP contribution in [0.4, 0.5) is 5.69 Å². The van der Waals surface area contributed by atoms with Crippen molar-refractivity contribution in [2.75, 3.05) is 25.0 Å². The predicted molar refractivity (Wildman–Crippen MR) is 96.7 cm³/mol. The zero-order valence-corrected chi connectivity index (χ0v) is 14.3. The van der Waals surface area contributed by atoms with Gasteiger partial charge in [0.15, 0.2) is 0 Å². The van der Waals surface area contributed by atoms with Crippen molar-refractivity contribution in [3.63, 3.8) is 0 Å². The Balaban J connectivity index is 1.55. The smallest absolute Gasteiger partial charge is 0.253 e. The van der Waals surface area contributed by atoms with Crippen molar-refractivity contribution in [2.24, 2.45) is 0 Å². The minimum Gasteiger partial charge on any atom is -0.488 e. The molecule has 2 aromatic carbocycles. The number of ether oxygens (including phenoxy) is 1. The lowest BCUT2D eigenvalue weighted by Crippen LogP contribution is -2.30. The van der Waals surface area contributed by atoms with Gasteiger partial charge in [-0.15, -0.1) is 0 Å². The van der Waals surface area contributed by atoms with Gasteiger partial charge in [0, 0.05) is 30.8 Å². The number of nitrogens with zero attached hydrogens (tertiary/aromatic N) is 1. The highest BCUT2D eigenvalue weighted by atomic mass is 16.5. The fraction of sp³-hybridized carbons (Fsp3) is 0.350. The Morgan fingerprint density at radius 1 is 1.12 bits per heavy atom. The summed E-state index contributed by atoms with van der Waals surface area (Å²) in [5.74, 6) is 1.07. The average molecular weight is 324 g/mol. The Kier molecular flexibility index (Phi) is 5.04. The van der Waals surface area contributed by atoms with Crippen LogP contribution >= 0.6 is 0 Å². The molecule has 4 heteroatoms. The van der Waals surface area contributed by atoms with Crippen molar-refractivity contribution in [1.29, 1.82) is 0 Å².